The Kier molecular flexibility index (Phi) is 8.86. The van der Waals surface area contributed by atoms with Crippen LogP contribution in [0.1, 0.15) is 30.9 Å². The smallest absolute Gasteiger partial charge is 0.310 e. The van der Waals surface area contributed by atoms with E-state index in [1.54, 1.807) is 13.0 Å². The van der Waals surface area contributed by atoms with Gasteiger partial charge in [-0.2, -0.15) is 0 Å². The van der Waals surface area contributed by atoms with Crippen molar-refractivity contribution in [1.29, 1.82) is 0 Å². The van der Waals surface area contributed by atoms with Gasteiger partial charge in [0, 0.05) is 11.6 Å². The largest absolute Gasteiger partial charge is 0.491 e. The maximum absolute atomic E-state index is 11.6. The molecule has 0 atom stereocenters. The molecule has 2 aromatic carbocycles. The summed E-state index contributed by atoms with van der Waals surface area (Å²) >= 11 is 12.3. The number of piperidine rings is 1. The monoisotopic (exact) mass is 449 g/mol. The van der Waals surface area contributed by atoms with Crippen LogP contribution in [0, 0.1) is 5.92 Å². The van der Waals surface area contributed by atoms with E-state index < -0.39 is 0 Å². The molecular weight excluding hydrogens is 421 g/mol. The van der Waals surface area contributed by atoms with Crippen molar-refractivity contribution in [2.75, 3.05) is 32.8 Å². The van der Waals surface area contributed by atoms with Gasteiger partial charge in [0.25, 0.3) is 0 Å². The van der Waals surface area contributed by atoms with Crippen molar-refractivity contribution in [3.63, 3.8) is 0 Å². The van der Waals surface area contributed by atoms with Gasteiger partial charge in [0.05, 0.1) is 18.1 Å². The van der Waals surface area contributed by atoms with Gasteiger partial charge < -0.3 is 9.47 Å². The zero-order valence-corrected chi connectivity index (χ0v) is 18.9. The van der Waals surface area contributed by atoms with E-state index in [0.717, 1.165) is 42.6 Å². The molecule has 1 saturated heterocycles. The van der Waals surface area contributed by atoms with Gasteiger partial charge in [-0.05, 0) is 80.6 Å². The Morgan fingerprint density at radius 2 is 1.77 bits per heavy atom. The number of nitrogens with zero attached hydrogens (tertiary/aromatic N) is 1. The van der Waals surface area contributed by atoms with Gasteiger partial charge in [-0.1, -0.05) is 41.4 Å². The number of hydrogen-bond acceptors (Lipinski definition) is 4. The fourth-order valence-electron chi connectivity index (χ4n) is 3.80. The van der Waals surface area contributed by atoms with E-state index in [4.69, 9.17) is 32.7 Å². The highest BCUT2D eigenvalue weighted by molar-refractivity contribution is 6.32. The summed E-state index contributed by atoms with van der Waals surface area (Å²) in [5.74, 6) is 1.13. The number of hydrogen-bond donors (Lipinski definition) is 0. The molecule has 162 valence electrons. The molecule has 1 heterocycles. The molecule has 0 saturated carbocycles. The molecule has 0 aliphatic carbocycles. The first-order valence-electron chi connectivity index (χ1n) is 10.6. The molecule has 6 heteroatoms. The quantitative estimate of drug-likeness (QED) is 0.478. The minimum atomic E-state index is -0.248. The molecule has 1 fully saturated rings. The molecule has 2 aromatic rings. The van der Waals surface area contributed by atoms with Crippen molar-refractivity contribution in [3.8, 4) is 5.75 Å². The number of esters is 1. The molecule has 0 spiro atoms. The van der Waals surface area contributed by atoms with E-state index in [1.165, 1.54) is 18.4 Å². The molecule has 1 aliphatic heterocycles. The lowest BCUT2D eigenvalue weighted by Crippen LogP contribution is -2.37. The van der Waals surface area contributed by atoms with E-state index in [1.807, 2.05) is 24.3 Å². The lowest BCUT2D eigenvalue weighted by Gasteiger charge is -2.32. The standard InChI is InChI=1S/C24H29Cl2NO3/c1-2-29-24(28)17-20-5-8-23(22(26)16-20)30-14-13-27-11-9-19(10-12-27)15-18-3-6-21(25)7-4-18/h3-8,16,19H,2,9-15,17H2,1H3. The third-order valence-electron chi connectivity index (χ3n) is 5.46. The minimum Gasteiger partial charge on any atom is -0.491 e. The zero-order chi connectivity index (χ0) is 21.3. The molecule has 0 unspecified atom stereocenters. The average molecular weight is 450 g/mol. The van der Waals surface area contributed by atoms with Crippen molar-refractivity contribution in [1.82, 2.24) is 4.90 Å². The number of rotatable bonds is 9. The molecule has 30 heavy (non-hydrogen) atoms. The third-order valence-corrected chi connectivity index (χ3v) is 6.01. The summed E-state index contributed by atoms with van der Waals surface area (Å²) in [6.07, 6.45) is 3.74. The first-order chi connectivity index (χ1) is 14.5. The summed E-state index contributed by atoms with van der Waals surface area (Å²) in [5.41, 5.74) is 2.19. The van der Waals surface area contributed by atoms with Crippen molar-refractivity contribution in [2.24, 2.45) is 5.92 Å². The molecule has 0 radical (unpaired) electrons. The van der Waals surface area contributed by atoms with Crippen molar-refractivity contribution >= 4 is 29.2 Å². The van der Waals surface area contributed by atoms with E-state index in [9.17, 15) is 4.79 Å². The summed E-state index contributed by atoms with van der Waals surface area (Å²) in [6, 6.07) is 13.7. The Bertz CT molecular complexity index is 818. The van der Waals surface area contributed by atoms with Crippen molar-refractivity contribution < 1.29 is 14.3 Å². The van der Waals surface area contributed by atoms with Gasteiger partial charge in [0.1, 0.15) is 12.4 Å². The van der Waals surface area contributed by atoms with Gasteiger partial charge in [-0.25, -0.2) is 0 Å². The summed E-state index contributed by atoms with van der Waals surface area (Å²) in [4.78, 5) is 14.0. The minimum absolute atomic E-state index is 0.221. The highest BCUT2D eigenvalue weighted by Crippen LogP contribution is 2.26. The lowest BCUT2D eigenvalue weighted by molar-refractivity contribution is -0.142. The molecule has 1 aliphatic rings. The van der Waals surface area contributed by atoms with Crippen LogP contribution in [0.15, 0.2) is 42.5 Å². The second-order valence-corrected chi connectivity index (χ2v) is 8.55. The highest BCUT2D eigenvalue weighted by Gasteiger charge is 2.19. The number of likely N-dealkylation sites (tertiary alicyclic amines) is 1. The van der Waals surface area contributed by atoms with E-state index in [2.05, 4.69) is 17.0 Å². The summed E-state index contributed by atoms with van der Waals surface area (Å²) in [6.45, 7) is 5.84. The summed E-state index contributed by atoms with van der Waals surface area (Å²) in [7, 11) is 0. The summed E-state index contributed by atoms with van der Waals surface area (Å²) < 4.78 is 10.8. The van der Waals surface area contributed by atoms with Crippen LogP contribution >= 0.6 is 23.2 Å². The lowest BCUT2D eigenvalue weighted by atomic mass is 9.90. The highest BCUT2D eigenvalue weighted by atomic mass is 35.5. The van der Waals surface area contributed by atoms with E-state index in [-0.39, 0.29) is 12.4 Å². The molecule has 4 nitrogen and oxygen atoms in total. The number of benzene rings is 2. The van der Waals surface area contributed by atoms with Crippen molar-refractivity contribution in [2.45, 2.75) is 32.6 Å². The SMILES string of the molecule is CCOC(=O)Cc1ccc(OCCN2CCC(Cc3ccc(Cl)cc3)CC2)c(Cl)c1. The van der Waals surface area contributed by atoms with Gasteiger partial charge in [-0.15, -0.1) is 0 Å². The van der Waals surface area contributed by atoms with Crippen LogP contribution in [0.2, 0.25) is 10.0 Å². The zero-order valence-electron chi connectivity index (χ0n) is 17.4. The second-order valence-electron chi connectivity index (χ2n) is 7.71. The van der Waals surface area contributed by atoms with Crippen LogP contribution in [-0.2, 0) is 22.4 Å². The average Bonchev–Trinajstić information content (AvgIpc) is 2.73. The van der Waals surface area contributed by atoms with Gasteiger partial charge in [-0.3, -0.25) is 9.69 Å². The third kappa shape index (κ3) is 7.19. The Hall–Kier alpha value is -1.75. The maximum atomic E-state index is 11.6. The first-order valence-corrected chi connectivity index (χ1v) is 11.3. The fourth-order valence-corrected chi connectivity index (χ4v) is 4.19. The van der Waals surface area contributed by atoms with Crippen molar-refractivity contribution in [3.05, 3.63) is 63.6 Å². The molecular formula is C24H29Cl2NO3. The van der Waals surface area contributed by atoms with Crippen LogP contribution < -0.4 is 4.74 Å². The fraction of sp³-hybridized carbons (Fsp3) is 0.458. The second kappa shape index (κ2) is 11.6. The van der Waals surface area contributed by atoms with Gasteiger partial charge in [0.15, 0.2) is 0 Å². The Labute approximate surface area is 189 Å². The Balaban J connectivity index is 1.37. The molecule has 0 bridgehead atoms. The van der Waals surface area contributed by atoms with Crippen LogP contribution in [0.5, 0.6) is 5.75 Å². The van der Waals surface area contributed by atoms with Crippen LogP contribution in [-0.4, -0.2) is 43.7 Å². The topological polar surface area (TPSA) is 38.8 Å². The molecule has 0 aromatic heterocycles. The predicted molar refractivity (Wildman–Crippen MR) is 122 cm³/mol. The molecule has 0 amide bonds. The van der Waals surface area contributed by atoms with Gasteiger partial charge in [0.2, 0.25) is 0 Å². The van der Waals surface area contributed by atoms with Gasteiger partial charge >= 0.3 is 5.97 Å². The van der Waals surface area contributed by atoms with Crippen LogP contribution in [0.4, 0.5) is 0 Å². The molecule has 0 N–H and O–H groups in total. The number of carbonyl (C=O) groups excluding carboxylic acids is 1. The predicted octanol–water partition coefficient (Wildman–Crippen LogP) is 5.43. The van der Waals surface area contributed by atoms with Crippen LogP contribution in [0.3, 0.4) is 0 Å². The molecule has 3 rings (SSSR count). The van der Waals surface area contributed by atoms with Crippen LogP contribution in [0.25, 0.3) is 0 Å². The van der Waals surface area contributed by atoms with E-state index in [0.29, 0.717) is 24.0 Å². The maximum Gasteiger partial charge on any atom is 0.310 e. The number of halogens is 2. The summed E-state index contributed by atoms with van der Waals surface area (Å²) in [5, 5.41) is 1.32. The Morgan fingerprint density at radius 1 is 1.07 bits per heavy atom. The normalized spacial score (nSPS) is 15.2. The number of carbonyl (C=O) groups is 1. The Morgan fingerprint density at radius 3 is 2.43 bits per heavy atom. The van der Waals surface area contributed by atoms with E-state index >= 15 is 0 Å². The first kappa shape index (κ1) is 22.9. The number of ether oxygens (including phenoxy) is 2.